The van der Waals surface area contributed by atoms with E-state index in [-0.39, 0.29) is 30.4 Å². The van der Waals surface area contributed by atoms with E-state index in [2.05, 4.69) is 44.3 Å². The van der Waals surface area contributed by atoms with Gasteiger partial charge in [-0.15, -0.1) is 12.4 Å². The Labute approximate surface area is 140 Å². The summed E-state index contributed by atoms with van der Waals surface area (Å²) < 4.78 is 0. The van der Waals surface area contributed by atoms with Crippen molar-refractivity contribution < 1.29 is 4.79 Å². The number of carbonyl (C=O) groups excluding carboxylic acids is 1. The van der Waals surface area contributed by atoms with E-state index in [9.17, 15) is 4.79 Å². The van der Waals surface area contributed by atoms with Crippen molar-refractivity contribution in [3.05, 3.63) is 34.9 Å². The predicted molar refractivity (Wildman–Crippen MR) is 94.3 cm³/mol. The van der Waals surface area contributed by atoms with Crippen molar-refractivity contribution in [2.24, 2.45) is 11.7 Å². The number of rotatable bonds is 4. The van der Waals surface area contributed by atoms with Gasteiger partial charge in [-0.05, 0) is 50.7 Å². The fraction of sp³-hybridized carbons (Fsp3) is 0.611. The molecule has 0 saturated heterocycles. The van der Waals surface area contributed by atoms with Gasteiger partial charge >= 0.3 is 0 Å². The van der Waals surface area contributed by atoms with Crippen LogP contribution in [0.4, 0.5) is 0 Å². The van der Waals surface area contributed by atoms with Gasteiger partial charge in [0.15, 0.2) is 0 Å². The van der Waals surface area contributed by atoms with E-state index < -0.39 is 0 Å². The fourth-order valence-corrected chi connectivity index (χ4v) is 3.42. The van der Waals surface area contributed by atoms with Crippen molar-refractivity contribution in [2.75, 3.05) is 0 Å². The molecule has 0 spiro atoms. The first kappa shape index (κ1) is 19.0. The highest BCUT2D eigenvalue weighted by Gasteiger charge is 2.24. The molecule has 1 aliphatic rings. The molecule has 3 nitrogen and oxygen atoms in total. The Balaban J connectivity index is 0.00000242. The topological polar surface area (TPSA) is 55.1 Å². The number of hydrogen-bond acceptors (Lipinski definition) is 2. The van der Waals surface area contributed by atoms with E-state index in [4.69, 9.17) is 5.73 Å². The third kappa shape index (κ3) is 4.99. The highest BCUT2D eigenvalue weighted by Crippen LogP contribution is 2.26. The van der Waals surface area contributed by atoms with Crippen LogP contribution in [-0.2, 0) is 4.79 Å². The molecule has 3 unspecified atom stereocenters. The molecule has 124 valence electrons. The van der Waals surface area contributed by atoms with Crippen LogP contribution < -0.4 is 11.1 Å². The summed E-state index contributed by atoms with van der Waals surface area (Å²) in [7, 11) is 0. The van der Waals surface area contributed by atoms with E-state index in [0.717, 1.165) is 12.8 Å². The minimum Gasteiger partial charge on any atom is -0.350 e. The smallest absolute Gasteiger partial charge is 0.220 e. The quantitative estimate of drug-likeness (QED) is 0.884. The van der Waals surface area contributed by atoms with Crippen molar-refractivity contribution >= 4 is 18.3 Å². The number of nitrogens with two attached hydrogens (primary N) is 1. The number of halogens is 1. The number of nitrogens with one attached hydrogen (secondary N) is 1. The maximum atomic E-state index is 12.3. The summed E-state index contributed by atoms with van der Waals surface area (Å²) in [6, 6.07) is 6.62. The van der Waals surface area contributed by atoms with Crippen LogP contribution in [0.2, 0.25) is 0 Å². The van der Waals surface area contributed by atoms with Gasteiger partial charge in [0.1, 0.15) is 0 Å². The number of carbonyl (C=O) groups is 1. The van der Waals surface area contributed by atoms with Gasteiger partial charge in [-0.2, -0.15) is 0 Å². The molecule has 1 aromatic rings. The monoisotopic (exact) mass is 324 g/mol. The highest BCUT2D eigenvalue weighted by atomic mass is 35.5. The molecule has 22 heavy (non-hydrogen) atoms. The zero-order chi connectivity index (χ0) is 15.4. The second-order valence-electron chi connectivity index (χ2n) is 6.56. The Morgan fingerprint density at radius 2 is 2.00 bits per heavy atom. The number of benzene rings is 1. The zero-order valence-electron chi connectivity index (χ0n) is 13.9. The van der Waals surface area contributed by atoms with Gasteiger partial charge in [0, 0.05) is 12.5 Å². The molecule has 1 fully saturated rings. The summed E-state index contributed by atoms with van der Waals surface area (Å²) in [6.07, 6.45) is 5.13. The van der Waals surface area contributed by atoms with Crippen LogP contribution in [0.3, 0.4) is 0 Å². The van der Waals surface area contributed by atoms with Gasteiger partial charge in [0.05, 0.1) is 6.04 Å². The number of hydrogen-bond donors (Lipinski definition) is 2. The average molecular weight is 325 g/mol. The lowest BCUT2D eigenvalue weighted by atomic mass is 9.83. The summed E-state index contributed by atoms with van der Waals surface area (Å²) in [4.78, 5) is 12.3. The van der Waals surface area contributed by atoms with Gasteiger partial charge in [0.25, 0.3) is 0 Å². The number of aryl methyl sites for hydroxylation is 2. The van der Waals surface area contributed by atoms with Crippen molar-refractivity contribution in [3.63, 3.8) is 0 Å². The molecule has 1 aliphatic carbocycles. The maximum absolute atomic E-state index is 12.3. The fourth-order valence-electron chi connectivity index (χ4n) is 3.42. The molecule has 2 rings (SSSR count). The SMILES string of the molecule is Cc1ccc(C(C)NC(=O)CC2CCCCC2N)c(C)c1.Cl. The van der Waals surface area contributed by atoms with Crippen molar-refractivity contribution in [1.29, 1.82) is 0 Å². The number of amides is 1. The third-order valence-corrected chi connectivity index (χ3v) is 4.68. The molecule has 4 heteroatoms. The van der Waals surface area contributed by atoms with Gasteiger partial charge in [-0.25, -0.2) is 0 Å². The maximum Gasteiger partial charge on any atom is 0.220 e. The summed E-state index contributed by atoms with van der Waals surface area (Å²) >= 11 is 0. The standard InChI is InChI=1S/C18H28N2O.ClH/c1-12-8-9-16(13(2)10-12)14(3)20-18(21)11-15-6-4-5-7-17(15)19;/h8-10,14-15,17H,4-7,11,19H2,1-3H3,(H,20,21);1H. The molecule has 1 aromatic carbocycles. The Hall–Kier alpha value is -1.06. The first-order valence-electron chi connectivity index (χ1n) is 8.09. The molecule has 0 aromatic heterocycles. The molecular weight excluding hydrogens is 296 g/mol. The average Bonchev–Trinajstić information content (AvgIpc) is 2.41. The normalized spacial score (nSPS) is 22.5. The van der Waals surface area contributed by atoms with Crippen LogP contribution >= 0.6 is 12.4 Å². The Morgan fingerprint density at radius 3 is 2.64 bits per heavy atom. The lowest BCUT2D eigenvalue weighted by molar-refractivity contribution is -0.123. The lowest BCUT2D eigenvalue weighted by Gasteiger charge is -2.28. The van der Waals surface area contributed by atoms with E-state index in [1.807, 2.05) is 0 Å². The van der Waals surface area contributed by atoms with Crippen molar-refractivity contribution in [3.8, 4) is 0 Å². The zero-order valence-corrected chi connectivity index (χ0v) is 14.7. The Morgan fingerprint density at radius 1 is 1.32 bits per heavy atom. The van der Waals surface area contributed by atoms with Crippen molar-refractivity contribution in [1.82, 2.24) is 5.32 Å². The van der Waals surface area contributed by atoms with E-state index in [1.165, 1.54) is 29.5 Å². The third-order valence-electron chi connectivity index (χ3n) is 4.68. The van der Waals surface area contributed by atoms with Crippen LogP contribution in [-0.4, -0.2) is 11.9 Å². The van der Waals surface area contributed by atoms with Crippen molar-refractivity contribution in [2.45, 2.75) is 65.0 Å². The van der Waals surface area contributed by atoms with Gasteiger partial charge < -0.3 is 11.1 Å². The second kappa shape index (κ2) is 8.54. The van der Waals surface area contributed by atoms with Crippen LogP contribution in [0, 0.1) is 19.8 Å². The Kier molecular flexibility index (Phi) is 7.37. The molecule has 1 saturated carbocycles. The van der Waals surface area contributed by atoms with E-state index >= 15 is 0 Å². The largest absolute Gasteiger partial charge is 0.350 e. The summed E-state index contributed by atoms with van der Waals surface area (Å²) in [5, 5.41) is 3.13. The van der Waals surface area contributed by atoms with E-state index in [0.29, 0.717) is 12.3 Å². The first-order valence-corrected chi connectivity index (χ1v) is 8.09. The Bertz CT molecular complexity index is 504. The molecule has 0 radical (unpaired) electrons. The molecule has 3 atom stereocenters. The van der Waals surface area contributed by atoms with Crippen LogP contribution in [0.1, 0.15) is 61.8 Å². The van der Waals surface area contributed by atoms with Gasteiger partial charge in [-0.1, -0.05) is 36.6 Å². The predicted octanol–water partition coefficient (Wildman–Crippen LogP) is 3.81. The van der Waals surface area contributed by atoms with Gasteiger partial charge in [-0.3, -0.25) is 4.79 Å². The minimum absolute atomic E-state index is 0. The van der Waals surface area contributed by atoms with Crippen LogP contribution in [0.15, 0.2) is 18.2 Å². The molecule has 3 N–H and O–H groups in total. The first-order chi connectivity index (χ1) is 9.97. The molecule has 1 amide bonds. The highest BCUT2D eigenvalue weighted by molar-refractivity contribution is 5.85. The summed E-state index contributed by atoms with van der Waals surface area (Å²) in [6.45, 7) is 6.24. The van der Waals surface area contributed by atoms with Crippen LogP contribution in [0.5, 0.6) is 0 Å². The van der Waals surface area contributed by atoms with Gasteiger partial charge in [0.2, 0.25) is 5.91 Å². The van der Waals surface area contributed by atoms with E-state index in [1.54, 1.807) is 0 Å². The van der Waals surface area contributed by atoms with Crippen LogP contribution in [0.25, 0.3) is 0 Å². The molecule has 0 aliphatic heterocycles. The summed E-state index contributed by atoms with van der Waals surface area (Å²) in [5.74, 6) is 0.481. The minimum atomic E-state index is 0. The molecular formula is C18H29ClN2O. The molecule has 0 bridgehead atoms. The summed E-state index contributed by atoms with van der Waals surface area (Å²) in [5.41, 5.74) is 9.81. The molecule has 0 heterocycles. The lowest BCUT2D eigenvalue weighted by Crippen LogP contribution is -2.37. The second-order valence-corrected chi connectivity index (χ2v) is 6.56.